The number of thioether (sulfide) groups is 1. The van der Waals surface area contributed by atoms with Crippen molar-refractivity contribution in [3.05, 3.63) is 24.6 Å². The number of halogens is 3. The molecule has 1 aromatic carbocycles. The van der Waals surface area contributed by atoms with E-state index in [0.717, 1.165) is 0 Å². The van der Waals surface area contributed by atoms with Crippen LogP contribution in [0.4, 0.5) is 13.2 Å². The van der Waals surface area contributed by atoms with Crippen LogP contribution < -0.4 is 0 Å². The predicted molar refractivity (Wildman–Crippen MR) is 45.9 cm³/mol. The van der Waals surface area contributed by atoms with E-state index in [4.69, 9.17) is 4.42 Å². The number of aromatic nitrogens is 1. The summed E-state index contributed by atoms with van der Waals surface area (Å²) in [6.45, 7) is 0. The number of nitrogens with zero attached hydrogens (tertiary/aromatic N) is 1. The second kappa shape index (κ2) is 3.20. The van der Waals surface area contributed by atoms with Gasteiger partial charge in [-0.2, -0.15) is 13.2 Å². The third-order valence-corrected chi connectivity index (χ3v) is 2.26. The Morgan fingerprint density at radius 2 is 2.07 bits per heavy atom. The molecule has 0 bridgehead atoms. The van der Waals surface area contributed by atoms with E-state index < -0.39 is 5.51 Å². The number of hydrogen-bond donors (Lipinski definition) is 0. The van der Waals surface area contributed by atoms with Crippen LogP contribution in [-0.2, 0) is 0 Å². The van der Waals surface area contributed by atoms with Gasteiger partial charge in [0.1, 0.15) is 5.52 Å². The number of benzene rings is 1. The normalized spacial score (nSPS) is 12.2. The Bertz CT molecular complexity index is 451. The molecular weight excluding hydrogens is 215 g/mol. The lowest BCUT2D eigenvalue weighted by Crippen LogP contribution is -1.98. The van der Waals surface area contributed by atoms with Gasteiger partial charge < -0.3 is 4.42 Å². The first-order valence-corrected chi connectivity index (χ1v) is 4.45. The average Bonchev–Trinajstić information content (AvgIpc) is 2.47. The van der Waals surface area contributed by atoms with Crippen LogP contribution in [0, 0.1) is 0 Å². The molecule has 0 saturated heterocycles. The van der Waals surface area contributed by atoms with E-state index >= 15 is 0 Å². The van der Waals surface area contributed by atoms with E-state index in [1.165, 1.54) is 24.6 Å². The molecule has 0 radical (unpaired) electrons. The van der Waals surface area contributed by atoms with Crippen LogP contribution in [0.2, 0.25) is 0 Å². The van der Waals surface area contributed by atoms with E-state index in [0.29, 0.717) is 11.1 Å². The summed E-state index contributed by atoms with van der Waals surface area (Å²) < 4.78 is 40.9. The fraction of sp³-hybridized carbons (Fsp3) is 0.125. The first-order chi connectivity index (χ1) is 6.54. The van der Waals surface area contributed by atoms with Crippen molar-refractivity contribution in [2.75, 3.05) is 0 Å². The largest absolute Gasteiger partial charge is 0.446 e. The zero-order valence-electron chi connectivity index (χ0n) is 6.71. The lowest BCUT2D eigenvalue weighted by atomic mass is 10.3. The van der Waals surface area contributed by atoms with Crippen LogP contribution in [0.5, 0.6) is 0 Å². The molecular formula is C8H4F3NOS. The van der Waals surface area contributed by atoms with Gasteiger partial charge in [0.05, 0.1) is 0 Å². The van der Waals surface area contributed by atoms with Gasteiger partial charge in [-0.3, -0.25) is 0 Å². The minimum atomic E-state index is -4.27. The predicted octanol–water partition coefficient (Wildman–Crippen LogP) is 3.44. The number of oxazole rings is 1. The quantitative estimate of drug-likeness (QED) is 0.687. The molecule has 0 aliphatic rings. The zero-order valence-corrected chi connectivity index (χ0v) is 7.52. The van der Waals surface area contributed by atoms with Crippen molar-refractivity contribution in [2.45, 2.75) is 10.4 Å². The Hall–Kier alpha value is -1.17. The van der Waals surface area contributed by atoms with E-state index in [9.17, 15) is 13.2 Å². The Morgan fingerprint density at radius 3 is 2.79 bits per heavy atom. The van der Waals surface area contributed by atoms with E-state index in [1.54, 1.807) is 0 Å². The molecule has 0 aliphatic carbocycles. The Labute approximate surface area is 81.1 Å². The molecule has 0 amide bonds. The van der Waals surface area contributed by atoms with Crippen molar-refractivity contribution < 1.29 is 17.6 Å². The molecule has 0 spiro atoms. The van der Waals surface area contributed by atoms with Crippen molar-refractivity contribution in [1.82, 2.24) is 4.98 Å². The highest BCUT2D eigenvalue weighted by Crippen LogP contribution is 2.37. The van der Waals surface area contributed by atoms with E-state index in [1.807, 2.05) is 0 Å². The summed E-state index contributed by atoms with van der Waals surface area (Å²) in [5.41, 5.74) is -3.35. The van der Waals surface area contributed by atoms with Crippen molar-refractivity contribution in [3.63, 3.8) is 0 Å². The van der Waals surface area contributed by atoms with Crippen molar-refractivity contribution in [3.8, 4) is 0 Å². The van der Waals surface area contributed by atoms with Crippen LogP contribution in [0.1, 0.15) is 0 Å². The van der Waals surface area contributed by atoms with Gasteiger partial charge in [0.15, 0.2) is 12.0 Å². The molecule has 2 rings (SSSR count). The highest BCUT2D eigenvalue weighted by molar-refractivity contribution is 8.00. The first-order valence-electron chi connectivity index (χ1n) is 3.63. The third kappa shape index (κ3) is 2.01. The third-order valence-electron chi connectivity index (χ3n) is 1.54. The maximum Gasteiger partial charge on any atom is 0.446 e. The zero-order chi connectivity index (χ0) is 10.2. The molecule has 1 aromatic heterocycles. The lowest BCUT2D eigenvalue weighted by Gasteiger charge is -2.04. The molecule has 6 heteroatoms. The monoisotopic (exact) mass is 219 g/mol. The van der Waals surface area contributed by atoms with Crippen LogP contribution in [0.3, 0.4) is 0 Å². The van der Waals surface area contributed by atoms with Crippen molar-refractivity contribution >= 4 is 22.9 Å². The molecule has 0 unspecified atom stereocenters. The second-order valence-corrected chi connectivity index (χ2v) is 3.67. The summed E-state index contributed by atoms with van der Waals surface area (Å²) in [6.07, 6.45) is 1.20. The summed E-state index contributed by atoms with van der Waals surface area (Å²) in [6, 6.07) is 4.17. The smallest absolute Gasteiger partial charge is 0.443 e. The molecule has 0 fully saturated rings. The first kappa shape index (κ1) is 9.39. The summed E-state index contributed by atoms with van der Waals surface area (Å²) >= 11 is -0.163. The molecule has 2 aromatic rings. The average molecular weight is 219 g/mol. The molecule has 14 heavy (non-hydrogen) atoms. The van der Waals surface area contributed by atoms with Crippen LogP contribution in [-0.4, -0.2) is 10.5 Å². The summed E-state index contributed by atoms with van der Waals surface area (Å²) in [7, 11) is 0. The van der Waals surface area contributed by atoms with Gasteiger partial charge >= 0.3 is 5.51 Å². The molecule has 0 saturated carbocycles. The second-order valence-electron chi connectivity index (χ2n) is 2.53. The van der Waals surface area contributed by atoms with E-state index in [-0.39, 0.29) is 16.7 Å². The van der Waals surface area contributed by atoms with Gasteiger partial charge in [0.2, 0.25) is 0 Å². The number of alkyl halides is 3. The Balaban J connectivity index is 2.35. The molecule has 0 N–H and O–H groups in total. The summed E-state index contributed by atoms with van der Waals surface area (Å²) in [4.78, 5) is 3.87. The van der Waals surface area contributed by atoms with Gasteiger partial charge in [-0.25, -0.2) is 4.98 Å². The Kier molecular flexibility index (Phi) is 2.14. The van der Waals surface area contributed by atoms with Gasteiger partial charge in [0.25, 0.3) is 0 Å². The van der Waals surface area contributed by atoms with Crippen LogP contribution >= 0.6 is 11.8 Å². The van der Waals surface area contributed by atoms with Gasteiger partial charge in [-0.15, -0.1) is 0 Å². The van der Waals surface area contributed by atoms with Gasteiger partial charge in [-0.1, -0.05) is 0 Å². The minimum absolute atomic E-state index is 0.110. The maximum absolute atomic E-state index is 12.0. The molecule has 0 aliphatic heterocycles. The fourth-order valence-electron chi connectivity index (χ4n) is 1.03. The topological polar surface area (TPSA) is 26.0 Å². The fourth-order valence-corrected chi connectivity index (χ4v) is 1.61. The van der Waals surface area contributed by atoms with Gasteiger partial charge in [0, 0.05) is 4.90 Å². The standard InChI is InChI=1S/C8H4F3NOS/c9-8(10,11)14-5-1-2-7-6(3-5)12-4-13-7/h1-4H. The van der Waals surface area contributed by atoms with Crippen molar-refractivity contribution in [1.29, 1.82) is 0 Å². The number of fused-ring (bicyclic) bond motifs is 1. The molecule has 74 valence electrons. The number of hydrogen-bond acceptors (Lipinski definition) is 3. The summed E-state index contributed by atoms with van der Waals surface area (Å²) in [5, 5.41) is 0. The SMILES string of the molecule is FC(F)(F)Sc1ccc2ocnc2c1. The van der Waals surface area contributed by atoms with Crippen molar-refractivity contribution in [2.24, 2.45) is 0 Å². The number of rotatable bonds is 1. The summed E-state index contributed by atoms with van der Waals surface area (Å²) in [5.74, 6) is 0. The van der Waals surface area contributed by atoms with Crippen LogP contribution in [0.25, 0.3) is 11.1 Å². The highest BCUT2D eigenvalue weighted by Gasteiger charge is 2.29. The van der Waals surface area contributed by atoms with E-state index in [2.05, 4.69) is 4.98 Å². The lowest BCUT2D eigenvalue weighted by molar-refractivity contribution is -0.0328. The minimum Gasteiger partial charge on any atom is -0.443 e. The molecule has 1 heterocycles. The molecule has 0 atom stereocenters. The molecule has 2 nitrogen and oxygen atoms in total. The van der Waals surface area contributed by atoms with Gasteiger partial charge in [-0.05, 0) is 30.0 Å². The van der Waals surface area contributed by atoms with Crippen LogP contribution in [0.15, 0.2) is 33.9 Å². The Morgan fingerprint density at radius 1 is 1.29 bits per heavy atom. The highest BCUT2D eigenvalue weighted by atomic mass is 32.2. The maximum atomic E-state index is 12.0.